The van der Waals surface area contributed by atoms with E-state index in [0.29, 0.717) is 16.7 Å². The van der Waals surface area contributed by atoms with Crippen molar-refractivity contribution in [3.05, 3.63) is 70.8 Å². The Morgan fingerprint density at radius 1 is 0.933 bits per heavy atom. The summed E-state index contributed by atoms with van der Waals surface area (Å²) in [7, 11) is 2.60. The Balaban J connectivity index is 0.000000321. The van der Waals surface area contributed by atoms with Gasteiger partial charge in [0.25, 0.3) is 0 Å². The number of aliphatic hydroxyl groups excluding tert-OH is 1. The number of carbonyl (C=O) groups excluding carboxylic acids is 2. The molecule has 8 heteroatoms. The zero-order valence-corrected chi connectivity index (χ0v) is 16.4. The Labute approximate surface area is 187 Å². The van der Waals surface area contributed by atoms with Gasteiger partial charge in [-0.05, 0) is 35.4 Å². The first-order valence-corrected chi connectivity index (χ1v) is 8.42. The summed E-state index contributed by atoms with van der Waals surface area (Å²) in [6.07, 6.45) is 0. The van der Waals surface area contributed by atoms with Crippen molar-refractivity contribution in [3.8, 4) is 0 Å². The minimum absolute atomic E-state index is 0.0124. The van der Waals surface area contributed by atoms with Crippen LogP contribution in [0, 0.1) is 0 Å². The lowest BCUT2D eigenvalue weighted by atomic mass is 10.1. The van der Waals surface area contributed by atoms with Crippen molar-refractivity contribution in [2.24, 2.45) is 0 Å². The van der Waals surface area contributed by atoms with Crippen LogP contribution >= 0.6 is 0 Å². The average Bonchev–Trinajstić information content (AvgIpc) is 3.35. The first-order chi connectivity index (χ1) is 17.4. The van der Waals surface area contributed by atoms with Crippen LogP contribution in [-0.4, -0.2) is 62.6 Å². The summed E-state index contributed by atoms with van der Waals surface area (Å²) in [5.74, 6) is -0.853. The highest BCUT2D eigenvalue weighted by atomic mass is 16.6. The average molecular weight is 429 g/mol. The topological polar surface area (TPSA) is 115 Å². The smallest absolute Gasteiger partial charge is 0.337 e. The first-order valence-electron chi connectivity index (χ1n) is 12.4. The number of rotatable bonds is 7. The summed E-state index contributed by atoms with van der Waals surface area (Å²) in [6.45, 7) is -10.2. The van der Waals surface area contributed by atoms with E-state index in [4.69, 9.17) is 25.9 Å². The zero-order valence-electron chi connectivity index (χ0n) is 24.4. The van der Waals surface area contributed by atoms with E-state index >= 15 is 0 Å². The van der Waals surface area contributed by atoms with Gasteiger partial charge in [0.1, 0.15) is 0 Å². The van der Waals surface area contributed by atoms with Crippen LogP contribution in [0.15, 0.2) is 48.5 Å². The molecule has 2 aromatic carbocycles. The van der Waals surface area contributed by atoms with E-state index in [1.807, 2.05) is 0 Å². The molecule has 0 amide bonds. The lowest BCUT2D eigenvalue weighted by Crippen LogP contribution is -2.02. The van der Waals surface area contributed by atoms with Gasteiger partial charge in [-0.15, -0.1) is 0 Å². The third kappa shape index (κ3) is 10.7. The Morgan fingerprint density at radius 2 is 1.37 bits per heavy atom. The van der Waals surface area contributed by atoms with Crippen LogP contribution in [-0.2, 0) is 32.2 Å². The molecule has 0 bridgehead atoms. The van der Waals surface area contributed by atoms with Crippen molar-refractivity contribution in [1.29, 1.82) is 0 Å². The second-order valence-electron chi connectivity index (χ2n) is 5.34. The lowest BCUT2D eigenvalue weighted by Gasteiger charge is -2.03. The minimum Gasteiger partial charge on any atom is -0.465 e. The molecule has 0 radical (unpaired) electrons. The number of aliphatic hydroxyl groups is 2. The van der Waals surface area contributed by atoms with E-state index in [1.54, 1.807) is 24.3 Å². The molecule has 30 heavy (non-hydrogen) atoms. The molecule has 164 valence electrons. The summed E-state index contributed by atoms with van der Waals surface area (Å²) in [6, 6.07) is 12.6. The van der Waals surface area contributed by atoms with E-state index in [9.17, 15) is 9.59 Å². The van der Waals surface area contributed by atoms with Crippen LogP contribution < -0.4 is 0 Å². The van der Waals surface area contributed by atoms with Gasteiger partial charge in [-0.25, -0.2) is 9.59 Å². The molecule has 3 rings (SSSR count). The molecule has 1 fully saturated rings. The number of benzene rings is 2. The predicted octanol–water partition coefficient (Wildman–Crippen LogP) is 1.96. The number of hydrogen-bond acceptors (Lipinski definition) is 8. The summed E-state index contributed by atoms with van der Waals surface area (Å²) >= 11 is 0. The number of epoxide rings is 1. The fourth-order valence-electron chi connectivity index (χ4n) is 1.87. The van der Waals surface area contributed by atoms with Gasteiger partial charge >= 0.3 is 11.9 Å². The van der Waals surface area contributed by atoms with Gasteiger partial charge in [-0.3, -0.25) is 0 Å². The molecule has 1 saturated heterocycles. The highest BCUT2D eigenvalue weighted by Crippen LogP contribution is 2.07. The third-order valence-corrected chi connectivity index (χ3v) is 3.39. The van der Waals surface area contributed by atoms with Crippen LogP contribution in [0.2, 0.25) is 0 Å². The molecule has 0 spiro atoms. The van der Waals surface area contributed by atoms with E-state index in [2.05, 4.69) is 14.2 Å². The second-order valence-corrected chi connectivity index (χ2v) is 5.34. The maximum Gasteiger partial charge on any atom is 0.337 e. The number of methoxy groups -OCH3 is 2. The van der Waals surface area contributed by atoms with Gasteiger partial charge < -0.3 is 29.2 Å². The molecule has 0 atom stereocenters. The minimum atomic E-state index is -3.10. The predicted molar refractivity (Wildman–Crippen MR) is 109 cm³/mol. The Bertz CT molecular complexity index is 1040. The van der Waals surface area contributed by atoms with Gasteiger partial charge in [0.2, 0.25) is 0 Å². The van der Waals surface area contributed by atoms with Crippen LogP contribution in [0.3, 0.4) is 0 Å². The molecular formula is C22H28O8. The van der Waals surface area contributed by atoms with Crippen molar-refractivity contribution in [2.75, 3.05) is 40.5 Å². The summed E-state index contributed by atoms with van der Waals surface area (Å²) < 4.78 is 71.9. The van der Waals surface area contributed by atoms with E-state index < -0.39 is 32.2 Å². The highest BCUT2D eigenvalue weighted by molar-refractivity contribution is 5.89. The fourth-order valence-corrected chi connectivity index (χ4v) is 1.87. The maximum absolute atomic E-state index is 11.2. The van der Waals surface area contributed by atoms with E-state index in [-0.39, 0.29) is 19.2 Å². The molecule has 1 aliphatic rings. The molecule has 2 aromatic rings. The summed E-state index contributed by atoms with van der Waals surface area (Å²) in [5, 5.41) is 17.7. The maximum atomic E-state index is 11.2. The number of ether oxygens (including phenoxy) is 4. The van der Waals surface area contributed by atoms with Gasteiger partial charge in [0.15, 0.2) is 0 Å². The van der Waals surface area contributed by atoms with Crippen LogP contribution in [0.1, 0.15) is 42.8 Å². The van der Waals surface area contributed by atoms with Gasteiger partial charge in [-0.2, -0.15) is 0 Å². The van der Waals surface area contributed by atoms with E-state index in [1.165, 1.54) is 38.5 Å². The van der Waals surface area contributed by atoms with Crippen LogP contribution in [0.4, 0.5) is 0 Å². The van der Waals surface area contributed by atoms with Gasteiger partial charge in [-0.1, -0.05) is 24.3 Å². The molecule has 2 N–H and O–H groups in total. The monoisotopic (exact) mass is 428 g/mol. The van der Waals surface area contributed by atoms with Crippen molar-refractivity contribution in [1.82, 2.24) is 0 Å². The number of hydrogen-bond donors (Lipinski definition) is 2. The fraction of sp³-hybridized carbons (Fsp3) is 0.364. The normalized spacial score (nSPS) is 19.5. The molecule has 1 aliphatic heterocycles. The molecule has 0 aromatic heterocycles. The SMILES string of the molecule is COC(=O)c1ccc(CO)cc1.[2H]C([2H])(O)C([2H])([2H])OCc1ccc(C(=O)OC)cc1.[2H]C1([2H])OC1([2H])[2H]. The highest BCUT2D eigenvalue weighted by Gasteiger charge is 2.04. The standard InChI is InChI=1S/C11H14O4.C9H10O3.C2H4O/c1-14-11(13)10-4-2-9(3-5-10)8-15-7-6-12;1-12-9(11)8-4-2-7(6-10)3-5-8;1-2-3-1/h2-5,12H,6-8H2,1H3;2-5,10H,6H2,1H3;1-2H2/i6D2,7D2;;1D2,2D2. The molecular weight excluding hydrogens is 392 g/mol. The summed E-state index contributed by atoms with van der Waals surface area (Å²) in [5.41, 5.74) is 2.14. The largest absolute Gasteiger partial charge is 0.465 e. The van der Waals surface area contributed by atoms with Crippen molar-refractivity contribution < 1.29 is 49.7 Å². The van der Waals surface area contributed by atoms with Gasteiger partial charge in [0, 0.05) is 0 Å². The Kier molecular flexibility index (Phi) is 7.60. The Morgan fingerprint density at radius 3 is 1.70 bits per heavy atom. The molecule has 0 saturated carbocycles. The molecule has 8 nitrogen and oxygen atoms in total. The van der Waals surface area contributed by atoms with E-state index in [0.717, 1.165) is 5.56 Å². The first kappa shape index (κ1) is 15.1. The van der Waals surface area contributed by atoms with Crippen LogP contribution in [0.5, 0.6) is 0 Å². The van der Waals surface area contributed by atoms with Crippen molar-refractivity contribution >= 4 is 11.9 Å². The third-order valence-electron chi connectivity index (χ3n) is 3.39. The van der Waals surface area contributed by atoms with Gasteiger partial charge in [0.05, 0.1) is 75.8 Å². The summed E-state index contributed by atoms with van der Waals surface area (Å²) in [4.78, 5) is 22.1. The molecule has 1 heterocycles. The quantitative estimate of drug-likeness (QED) is 0.508. The Hall–Kier alpha value is -2.78. The molecule has 0 aliphatic carbocycles. The lowest BCUT2D eigenvalue weighted by molar-refractivity contribution is 0.0591. The second kappa shape index (κ2) is 15.1. The number of esters is 2. The number of carbonyl (C=O) groups is 2. The molecule has 0 unspecified atom stereocenters. The zero-order chi connectivity index (χ0) is 29.4. The van der Waals surface area contributed by atoms with Crippen LogP contribution in [0.25, 0.3) is 0 Å². The van der Waals surface area contributed by atoms with Crippen molar-refractivity contribution in [2.45, 2.75) is 13.2 Å². The van der Waals surface area contributed by atoms with Crippen molar-refractivity contribution in [3.63, 3.8) is 0 Å².